The van der Waals surface area contributed by atoms with Gasteiger partial charge in [-0.05, 0) is 31.0 Å². The number of aromatic nitrogens is 3. The standard InChI is InChI=1S/C23H31ClN4/c1-6-7-8-9-14-25-20-15-19(23(3,4)5)26-22-21(16(2)27-28(20)22)17-10-12-18(24)13-11-17/h10-13,15,25H,6-9,14H2,1-5H3. The Morgan fingerprint density at radius 2 is 1.79 bits per heavy atom. The van der Waals surface area contributed by atoms with Crippen molar-refractivity contribution in [2.75, 3.05) is 11.9 Å². The lowest BCUT2D eigenvalue weighted by molar-refractivity contribution is 0.568. The third-order valence-electron chi connectivity index (χ3n) is 5.00. The van der Waals surface area contributed by atoms with E-state index in [1.807, 2.05) is 35.7 Å². The van der Waals surface area contributed by atoms with E-state index >= 15 is 0 Å². The fraction of sp³-hybridized carbons (Fsp3) is 0.478. The maximum atomic E-state index is 6.09. The van der Waals surface area contributed by atoms with Crippen molar-refractivity contribution in [1.29, 1.82) is 0 Å². The third kappa shape index (κ3) is 4.49. The average Bonchev–Trinajstić information content (AvgIpc) is 2.97. The van der Waals surface area contributed by atoms with Gasteiger partial charge in [-0.3, -0.25) is 0 Å². The lowest BCUT2D eigenvalue weighted by Gasteiger charge is -2.20. The summed E-state index contributed by atoms with van der Waals surface area (Å²) in [7, 11) is 0. The van der Waals surface area contributed by atoms with Gasteiger partial charge in [-0.2, -0.15) is 9.61 Å². The molecule has 0 saturated heterocycles. The van der Waals surface area contributed by atoms with Crippen LogP contribution in [0.4, 0.5) is 5.82 Å². The maximum Gasteiger partial charge on any atom is 0.165 e. The number of hydrogen-bond acceptors (Lipinski definition) is 3. The fourth-order valence-corrected chi connectivity index (χ4v) is 3.48. The molecule has 0 aliphatic heterocycles. The largest absolute Gasteiger partial charge is 0.370 e. The first-order valence-corrected chi connectivity index (χ1v) is 10.6. The van der Waals surface area contributed by atoms with Crippen LogP contribution in [0.25, 0.3) is 16.8 Å². The molecular formula is C23H31ClN4. The number of unbranched alkanes of at least 4 members (excludes halogenated alkanes) is 3. The van der Waals surface area contributed by atoms with E-state index in [4.69, 9.17) is 21.7 Å². The van der Waals surface area contributed by atoms with E-state index in [0.29, 0.717) is 0 Å². The molecule has 0 spiro atoms. The van der Waals surface area contributed by atoms with E-state index in [1.165, 1.54) is 19.3 Å². The van der Waals surface area contributed by atoms with Crippen molar-refractivity contribution in [3.8, 4) is 11.1 Å². The van der Waals surface area contributed by atoms with E-state index < -0.39 is 0 Å². The molecule has 2 aromatic heterocycles. The summed E-state index contributed by atoms with van der Waals surface area (Å²) in [4.78, 5) is 5.01. The van der Waals surface area contributed by atoms with Crippen LogP contribution in [0, 0.1) is 6.92 Å². The zero-order valence-corrected chi connectivity index (χ0v) is 18.4. The van der Waals surface area contributed by atoms with Crippen molar-refractivity contribution < 1.29 is 0 Å². The van der Waals surface area contributed by atoms with Crippen LogP contribution >= 0.6 is 11.6 Å². The number of rotatable bonds is 7. The van der Waals surface area contributed by atoms with Crippen molar-refractivity contribution >= 4 is 23.1 Å². The molecule has 3 aromatic rings. The minimum absolute atomic E-state index is 0.0458. The second-order valence-corrected chi connectivity index (χ2v) is 8.90. The molecule has 0 saturated carbocycles. The van der Waals surface area contributed by atoms with Gasteiger partial charge in [0.05, 0.1) is 11.4 Å². The minimum Gasteiger partial charge on any atom is -0.370 e. The third-order valence-corrected chi connectivity index (χ3v) is 5.25. The maximum absolute atomic E-state index is 6.09. The quantitative estimate of drug-likeness (QED) is 0.453. The number of nitrogens with one attached hydrogen (secondary N) is 1. The van der Waals surface area contributed by atoms with Gasteiger partial charge in [0.1, 0.15) is 5.82 Å². The first kappa shape index (κ1) is 20.7. The number of aryl methyl sites for hydroxylation is 1. The molecule has 0 radical (unpaired) electrons. The summed E-state index contributed by atoms with van der Waals surface area (Å²) < 4.78 is 1.95. The molecule has 0 fully saturated rings. The number of fused-ring (bicyclic) bond motifs is 1. The van der Waals surface area contributed by atoms with Crippen molar-refractivity contribution in [2.45, 2.75) is 65.7 Å². The lowest BCUT2D eigenvalue weighted by atomic mass is 9.92. The summed E-state index contributed by atoms with van der Waals surface area (Å²) in [5.74, 6) is 1.01. The summed E-state index contributed by atoms with van der Waals surface area (Å²) in [6.07, 6.45) is 4.93. The predicted octanol–water partition coefficient (Wildman–Crippen LogP) is 6.65. The molecule has 0 unspecified atom stereocenters. The number of benzene rings is 1. The second kappa shape index (κ2) is 8.52. The number of halogens is 1. The van der Waals surface area contributed by atoms with Gasteiger partial charge in [0.2, 0.25) is 0 Å². The molecule has 3 rings (SSSR count). The number of anilines is 1. The fourth-order valence-electron chi connectivity index (χ4n) is 3.36. The minimum atomic E-state index is -0.0458. The van der Waals surface area contributed by atoms with E-state index in [9.17, 15) is 0 Å². The lowest BCUT2D eigenvalue weighted by Crippen LogP contribution is -2.17. The average molecular weight is 399 g/mol. The van der Waals surface area contributed by atoms with Crippen molar-refractivity contribution in [3.63, 3.8) is 0 Å². The van der Waals surface area contributed by atoms with Crippen molar-refractivity contribution in [3.05, 3.63) is 46.7 Å². The summed E-state index contributed by atoms with van der Waals surface area (Å²) >= 11 is 6.09. The second-order valence-electron chi connectivity index (χ2n) is 8.47. The van der Waals surface area contributed by atoms with Crippen LogP contribution in [0.2, 0.25) is 5.02 Å². The van der Waals surface area contributed by atoms with Crippen LogP contribution in [0.3, 0.4) is 0 Å². The number of hydrogen-bond donors (Lipinski definition) is 1. The van der Waals surface area contributed by atoms with Gasteiger partial charge in [-0.25, -0.2) is 4.98 Å². The van der Waals surface area contributed by atoms with Crippen LogP contribution in [0.5, 0.6) is 0 Å². The first-order chi connectivity index (χ1) is 13.3. The van der Waals surface area contributed by atoms with Crippen LogP contribution in [0.15, 0.2) is 30.3 Å². The molecule has 0 aliphatic rings. The van der Waals surface area contributed by atoms with Crippen molar-refractivity contribution in [2.24, 2.45) is 0 Å². The molecule has 0 aliphatic carbocycles. The molecule has 4 nitrogen and oxygen atoms in total. The summed E-state index contributed by atoms with van der Waals surface area (Å²) in [5, 5.41) is 9.14. The SMILES string of the molecule is CCCCCCNc1cc(C(C)(C)C)nc2c(-c3ccc(Cl)cc3)c(C)nn12. The molecule has 5 heteroatoms. The topological polar surface area (TPSA) is 42.2 Å². The van der Waals surface area contributed by atoms with Crippen LogP contribution < -0.4 is 5.32 Å². The molecular weight excluding hydrogens is 368 g/mol. The molecule has 28 heavy (non-hydrogen) atoms. The monoisotopic (exact) mass is 398 g/mol. The van der Waals surface area contributed by atoms with E-state index in [-0.39, 0.29) is 5.41 Å². The van der Waals surface area contributed by atoms with E-state index in [1.54, 1.807) is 0 Å². The Hall–Kier alpha value is -2.07. The van der Waals surface area contributed by atoms with Crippen LogP contribution in [-0.4, -0.2) is 21.1 Å². The normalized spacial score (nSPS) is 11.9. The van der Waals surface area contributed by atoms with Gasteiger partial charge < -0.3 is 5.32 Å². The summed E-state index contributed by atoms with van der Waals surface area (Å²) in [5.41, 5.74) is 5.03. The molecule has 0 atom stereocenters. The Morgan fingerprint density at radius 3 is 2.43 bits per heavy atom. The molecule has 2 heterocycles. The zero-order chi connectivity index (χ0) is 20.3. The Bertz CT molecular complexity index is 936. The van der Waals surface area contributed by atoms with Gasteiger partial charge >= 0.3 is 0 Å². The Balaban J connectivity index is 2.07. The Labute approximate surface area is 173 Å². The highest BCUT2D eigenvalue weighted by Crippen LogP contribution is 2.32. The highest BCUT2D eigenvalue weighted by atomic mass is 35.5. The molecule has 1 N–H and O–H groups in total. The predicted molar refractivity (Wildman–Crippen MR) is 120 cm³/mol. The van der Waals surface area contributed by atoms with Crippen LogP contribution in [0.1, 0.15) is 64.8 Å². The number of nitrogens with zero attached hydrogens (tertiary/aromatic N) is 3. The molecule has 1 aromatic carbocycles. The van der Waals surface area contributed by atoms with E-state index in [2.05, 4.69) is 39.1 Å². The van der Waals surface area contributed by atoms with Gasteiger partial charge in [-0.1, -0.05) is 70.7 Å². The highest BCUT2D eigenvalue weighted by molar-refractivity contribution is 6.30. The van der Waals surface area contributed by atoms with Gasteiger partial charge in [0.25, 0.3) is 0 Å². The Morgan fingerprint density at radius 1 is 1.07 bits per heavy atom. The Kier molecular flexibility index (Phi) is 6.29. The van der Waals surface area contributed by atoms with Gasteiger partial charge in [0, 0.05) is 28.6 Å². The van der Waals surface area contributed by atoms with Gasteiger partial charge in [-0.15, -0.1) is 0 Å². The van der Waals surface area contributed by atoms with E-state index in [0.717, 1.165) is 52.0 Å². The first-order valence-electron chi connectivity index (χ1n) is 10.2. The smallest absolute Gasteiger partial charge is 0.165 e. The summed E-state index contributed by atoms with van der Waals surface area (Å²) in [6, 6.07) is 10.1. The zero-order valence-electron chi connectivity index (χ0n) is 17.6. The highest BCUT2D eigenvalue weighted by Gasteiger charge is 2.22. The molecule has 150 valence electrons. The summed E-state index contributed by atoms with van der Waals surface area (Å²) in [6.45, 7) is 11.8. The molecule has 0 amide bonds. The van der Waals surface area contributed by atoms with Crippen molar-refractivity contribution in [1.82, 2.24) is 14.6 Å². The van der Waals surface area contributed by atoms with Gasteiger partial charge in [0.15, 0.2) is 5.65 Å². The van der Waals surface area contributed by atoms with Crippen LogP contribution in [-0.2, 0) is 5.41 Å². The molecule has 0 bridgehead atoms.